The van der Waals surface area contributed by atoms with Gasteiger partial charge in [-0.1, -0.05) is 127 Å². The number of benzene rings is 1. The van der Waals surface area contributed by atoms with Crippen molar-refractivity contribution in [3.63, 3.8) is 0 Å². The summed E-state index contributed by atoms with van der Waals surface area (Å²) >= 11 is 0. The third-order valence-corrected chi connectivity index (χ3v) is 16.7. The maximum atomic E-state index is 15.8. The first-order valence-corrected chi connectivity index (χ1v) is 23.7. The standard InChI is InChI=1S/C52H86F5NO6/c1-20-23-30-62-41(60)38(32-43(6,7)35(4)37-27-25-24-26-28-37)46(12,13)45(10,11)33-39(42(61)63-31-29-44(8,9)51(53,54)48(16,17)52(55,56)57)47(14,15)64-58-49(18,21-2)34-40(59)36(5)50(58,19)22-3/h24-28,35-36,38-39H,20-23,29-34H2,1-19H3. The smallest absolute Gasteiger partial charge is 0.399 e. The first-order valence-electron chi connectivity index (χ1n) is 23.7. The van der Waals surface area contributed by atoms with E-state index < -0.39 is 92.6 Å². The van der Waals surface area contributed by atoms with Gasteiger partial charge in [-0.15, -0.1) is 0 Å². The fourth-order valence-corrected chi connectivity index (χ4v) is 9.46. The maximum absolute atomic E-state index is 15.8. The normalized spacial score (nSPS) is 22.8. The maximum Gasteiger partial charge on any atom is 0.399 e. The number of ether oxygens (including phenoxy) is 2. The zero-order chi connectivity index (χ0) is 49.9. The number of carbonyl (C=O) groups excluding carboxylic acids is 3. The molecule has 7 nitrogen and oxygen atoms in total. The largest absolute Gasteiger partial charge is 0.465 e. The number of hydrogen-bond acceptors (Lipinski definition) is 7. The van der Waals surface area contributed by atoms with Crippen molar-refractivity contribution in [2.24, 2.45) is 44.8 Å². The van der Waals surface area contributed by atoms with Crippen LogP contribution in [-0.2, 0) is 28.7 Å². The Morgan fingerprint density at radius 2 is 1.28 bits per heavy atom. The highest BCUT2D eigenvalue weighted by molar-refractivity contribution is 5.84. The van der Waals surface area contributed by atoms with Crippen molar-refractivity contribution in [3.05, 3.63) is 35.9 Å². The molecule has 0 aromatic heterocycles. The van der Waals surface area contributed by atoms with Crippen molar-refractivity contribution in [1.29, 1.82) is 0 Å². The molecule has 6 unspecified atom stereocenters. The van der Waals surface area contributed by atoms with E-state index in [-0.39, 0.29) is 37.1 Å². The number of rotatable bonds is 23. The van der Waals surface area contributed by atoms with Crippen molar-refractivity contribution >= 4 is 17.7 Å². The van der Waals surface area contributed by atoms with Crippen LogP contribution in [0.4, 0.5) is 22.0 Å². The molecule has 1 aliphatic heterocycles. The van der Waals surface area contributed by atoms with Crippen LogP contribution in [0, 0.1) is 44.8 Å². The number of hydroxylamine groups is 2. The van der Waals surface area contributed by atoms with Crippen LogP contribution in [0.15, 0.2) is 30.3 Å². The lowest BCUT2D eigenvalue weighted by molar-refractivity contribution is -0.348. The van der Waals surface area contributed by atoms with Crippen LogP contribution in [0.3, 0.4) is 0 Å². The zero-order valence-corrected chi connectivity index (χ0v) is 43.1. The van der Waals surface area contributed by atoms with E-state index in [9.17, 15) is 27.6 Å². The molecule has 1 heterocycles. The molecule has 0 amide bonds. The summed E-state index contributed by atoms with van der Waals surface area (Å²) < 4.78 is 85.4. The summed E-state index contributed by atoms with van der Waals surface area (Å²) in [6, 6.07) is 10.1. The Hall–Kier alpha value is -2.60. The molecule has 370 valence electrons. The molecule has 0 N–H and O–H groups in total. The highest BCUT2D eigenvalue weighted by Crippen LogP contribution is 2.58. The van der Waals surface area contributed by atoms with Gasteiger partial charge in [-0.25, -0.2) is 8.78 Å². The second-order valence-corrected chi connectivity index (χ2v) is 23.2. The molecule has 1 saturated heterocycles. The van der Waals surface area contributed by atoms with Gasteiger partial charge >= 0.3 is 18.1 Å². The Kier molecular flexibility index (Phi) is 18.3. The highest BCUT2D eigenvalue weighted by atomic mass is 19.4. The summed E-state index contributed by atoms with van der Waals surface area (Å²) in [4.78, 5) is 49.9. The van der Waals surface area contributed by atoms with Crippen LogP contribution in [-0.4, -0.2) is 64.8 Å². The molecule has 0 radical (unpaired) electrons. The molecule has 1 aliphatic rings. The third-order valence-electron chi connectivity index (χ3n) is 16.7. The minimum atomic E-state index is -5.19. The van der Waals surface area contributed by atoms with Gasteiger partial charge in [0, 0.05) is 17.8 Å². The lowest BCUT2D eigenvalue weighted by atomic mass is 9.54. The quantitative estimate of drug-likeness (QED) is 0.0614. The van der Waals surface area contributed by atoms with E-state index in [4.69, 9.17) is 14.3 Å². The van der Waals surface area contributed by atoms with E-state index in [0.717, 1.165) is 25.8 Å². The third kappa shape index (κ3) is 11.7. The fourth-order valence-electron chi connectivity index (χ4n) is 9.46. The minimum Gasteiger partial charge on any atom is -0.465 e. The van der Waals surface area contributed by atoms with E-state index in [1.807, 2.05) is 92.5 Å². The van der Waals surface area contributed by atoms with E-state index in [0.29, 0.717) is 39.5 Å². The van der Waals surface area contributed by atoms with Gasteiger partial charge in [0.1, 0.15) is 11.2 Å². The van der Waals surface area contributed by atoms with Gasteiger partial charge in [-0.2, -0.15) is 18.2 Å². The number of hydrogen-bond donors (Lipinski definition) is 0. The summed E-state index contributed by atoms with van der Waals surface area (Å²) in [6.07, 6.45) is -2.31. The van der Waals surface area contributed by atoms with E-state index in [2.05, 4.69) is 32.9 Å². The van der Waals surface area contributed by atoms with Gasteiger partial charge in [0.15, 0.2) is 0 Å². The number of Topliss-reactive ketones (excluding diaryl/α,β-unsaturated/α-hetero) is 1. The minimum absolute atomic E-state index is 0.0616. The second kappa shape index (κ2) is 20.3. The Morgan fingerprint density at radius 3 is 1.77 bits per heavy atom. The molecule has 1 aromatic carbocycles. The van der Waals surface area contributed by atoms with Gasteiger partial charge in [-0.05, 0) is 108 Å². The molecule has 64 heavy (non-hydrogen) atoms. The number of ketones is 1. The molecule has 1 aromatic rings. The molecule has 12 heteroatoms. The molecule has 0 aliphatic carbocycles. The van der Waals surface area contributed by atoms with Crippen LogP contribution >= 0.6 is 0 Å². The van der Waals surface area contributed by atoms with E-state index >= 15 is 8.78 Å². The van der Waals surface area contributed by atoms with E-state index in [1.54, 1.807) is 13.8 Å². The van der Waals surface area contributed by atoms with Crippen LogP contribution in [0.2, 0.25) is 0 Å². The number of nitrogens with zero attached hydrogens (tertiary/aromatic N) is 1. The second-order valence-electron chi connectivity index (χ2n) is 23.2. The molecule has 0 saturated carbocycles. The lowest BCUT2D eigenvalue weighted by Gasteiger charge is -2.58. The van der Waals surface area contributed by atoms with Crippen LogP contribution in [0.25, 0.3) is 0 Å². The highest BCUT2D eigenvalue weighted by Gasteiger charge is 2.68. The number of halogens is 5. The average molecular weight is 916 g/mol. The number of carbonyl (C=O) groups is 3. The topological polar surface area (TPSA) is 82.1 Å². The van der Waals surface area contributed by atoms with Crippen LogP contribution < -0.4 is 0 Å². The molecular formula is C52H86F5NO6. The number of esters is 2. The van der Waals surface area contributed by atoms with Gasteiger partial charge in [0.05, 0.1) is 41.7 Å². The monoisotopic (exact) mass is 916 g/mol. The Labute approximate surface area is 384 Å². The summed E-state index contributed by atoms with van der Waals surface area (Å²) in [5.41, 5.74) is -9.37. The molecular weight excluding hydrogens is 830 g/mol. The Bertz CT molecular complexity index is 1720. The zero-order valence-electron chi connectivity index (χ0n) is 43.1. The Morgan fingerprint density at radius 1 is 0.766 bits per heavy atom. The lowest BCUT2D eigenvalue weighted by Crippen LogP contribution is -2.68. The van der Waals surface area contributed by atoms with E-state index in [1.165, 1.54) is 0 Å². The van der Waals surface area contributed by atoms with Crippen molar-refractivity contribution in [1.82, 2.24) is 5.06 Å². The summed E-state index contributed by atoms with van der Waals surface area (Å²) in [7, 11) is 0. The molecule has 0 bridgehead atoms. The molecule has 0 spiro atoms. The number of piperidine rings is 1. The number of unbranched alkanes of at least 4 members (excludes halogenated alkanes) is 1. The molecule has 1 fully saturated rings. The summed E-state index contributed by atoms with van der Waals surface area (Å²) in [6.45, 7) is 32.7. The van der Waals surface area contributed by atoms with Crippen LogP contribution in [0.1, 0.15) is 194 Å². The van der Waals surface area contributed by atoms with Crippen molar-refractivity contribution in [2.75, 3.05) is 13.2 Å². The van der Waals surface area contributed by atoms with Crippen molar-refractivity contribution in [3.8, 4) is 0 Å². The average Bonchev–Trinajstić information content (AvgIpc) is 3.19. The van der Waals surface area contributed by atoms with Gasteiger partial charge < -0.3 is 9.47 Å². The predicted molar refractivity (Wildman–Crippen MR) is 246 cm³/mol. The molecule has 2 rings (SSSR count). The Balaban J connectivity index is 2.76. The predicted octanol–water partition coefficient (Wildman–Crippen LogP) is 14.4. The van der Waals surface area contributed by atoms with Gasteiger partial charge in [0.2, 0.25) is 0 Å². The van der Waals surface area contributed by atoms with Gasteiger partial charge in [-0.3, -0.25) is 19.2 Å². The fraction of sp³-hybridized carbons (Fsp3) is 0.827. The first kappa shape index (κ1) is 57.5. The van der Waals surface area contributed by atoms with Crippen LogP contribution in [0.5, 0.6) is 0 Å². The molecule has 6 atom stereocenters. The van der Waals surface area contributed by atoms with Gasteiger partial charge in [0.25, 0.3) is 5.92 Å². The van der Waals surface area contributed by atoms with Crippen molar-refractivity contribution in [2.45, 2.75) is 218 Å². The SMILES string of the molecule is CCCCOC(=O)C(CC(C)(C)C(C)c1ccccc1)C(C)(C)C(C)(C)CC(C(=O)OCCC(C)(C)C(F)(F)C(C)(C)C(F)(F)F)C(C)(C)ON1C(C)(CC)CC(=O)C(C)C1(C)CC. The first-order chi connectivity index (χ1) is 28.8. The van der Waals surface area contributed by atoms with Crippen molar-refractivity contribution < 1.29 is 50.6 Å². The summed E-state index contributed by atoms with van der Waals surface area (Å²) in [5, 5.41) is 1.90. The summed E-state index contributed by atoms with van der Waals surface area (Å²) in [5.74, 6) is -7.26. The number of alkyl halides is 5.